The van der Waals surface area contributed by atoms with Gasteiger partial charge in [-0.1, -0.05) is 72.0 Å². The highest BCUT2D eigenvalue weighted by Gasteiger charge is 2.66. The van der Waals surface area contributed by atoms with Crippen LogP contribution in [0.5, 0.6) is 0 Å². The van der Waals surface area contributed by atoms with Crippen molar-refractivity contribution in [1.29, 1.82) is 0 Å². The molecule has 0 N–H and O–H groups in total. The van der Waals surface area contributed by atoms with Crippen LogP contribution in [-0.4, -0.2) is 16.8 Å². The number of hydrogen-bond donors (Lipinski definition) is 0. The summed E-state index contributed by atoms with van der Waals surface area (Å²) in [6, 6.07) is 26.2. The van der Waals surface area contributed by atoms with E-state index in [1.54, 1.807) is 29.2 Å². The van der Waals surface area contributed by atoms with Crippen LogP contribution in [0.15, 0.2) is 94.1 Å². The van der Waals surface area contributed by atoms with E-state index in [4.69, 9.17) is 9.40 Å². The highest BCUT2D eigenvalue weighted by molar-refractivity contribution is 7.22. The quantitative estimate of drug-likeness (QED) is 0.229. The molecule has 2 aromatic heterocycles. The molecule has 0 saturated heterocycles. The molecule has 0 radical (unpaired) electrons. The molecule has 0 aliphatic carbocycles. The van der Waals surface area contributed by atoms with Crippen LogP contribution in [0.3, 0.4) is 0 Å². The van der Waals surface area contributed by atoms with Gasteiger partial charge in [-0.2, -0.15) is 0 Å². The first-order valence-electron chi connectivity index (χ1n) is 14.1. The summed E-state index contributed by atoms with van der Waals surface area (Å²) in [7, 11) is 0. The predicted octanol–water partition coefficient (Wildman–Crippen LogP) is 6.78. The predicted molar refractivity (Wildman–Crippen MR) is 168 cm³/mol. The number of nitrogens with zero attached hydrogens (tertiary/aromatic N) is 3. The van der Waals surface area contributed by atoms with E-state index in [1.165, 1.54) is 16.2 Å². The fourth-order valence-electron chi connectivity index (χ4n) is 6.68. The Labute approximate surface area is 250 Å². The minimum absolute atomic E-state index is 0.0353. The third-order valence-electron chi connectivity index (χ3n) is 8.63. The van der Waals surface area contributed by atoms with Gasteiger partial charge in [0, 0.05) is 5.56 Å². The van der Waals surface area contributed by atoms with Gasteiger partial charge in [0.25, 0.3) is 11.8 Å². The van der Waals surface area contributed by atoms with Gasteiger partial charge < -0.3 is 9.32 Å². The topological polar surface area (TPSA) is 83.7 Å². The monoisotopic (exact) mass is 583 g/mol. The zero-order valence-corrected chi connectivity index (χ0v) is 24.5. The summed E-state index contributed by atoms with van der Waals surface area (Å²) in [4.78, 5) is 52.1. The average Bonchev–Trinajstić information content (AvgIpc) is 3.61. The Balaban J connectivity index is 1.46. The average molecular weight is 584 g/mol. The minimum Gasteiger partial charge on any atom is -0.450 e. The van der Waals surface area contributed by atoms with Gasteiger partial charge in [-0.25, -0.2) is 4.98 Å². The fraction of sp³-hybridized carbons (Fsp3) is 0.143. The summed E-state index contributed by atoms with van der Waals surface area (Å²) in [6.45, 7) is 6.27. The second-order valence-electron chi connectivity index (χ2n) is 11.2. The molecule has 2 amide bonds. The first-order chi connectivity index (χ1) is 20.8. The molecule has 7 nitrogen and oxygen atoms in total. The number of fused-ring (bicyclic) bond motifs is 6. The Morgan fingerprint density at radius 1 is 0.860 bits per heavy atom. The van der Waals surface area contributed by atoms with Crippen LogP contribution in [0.1, 0.15) is 43.9 Å². The van der Waals surface area contributed by atoms with Crippen LogP contribution in [-0.2, 0) is 16.9 Å². The van der Waals surface area contributed by atoms with Gasteiger partial charge in [-0.05, 0) is 67.3 Å². The molecule has 2 aliphatic rings. The molecule has 4 heterocycles. The highest BCUT2D eigenvalue weighted by Crippen LogP contribution is 2.55. The standard InChI is InChI=1S/C35H25N3O4S/c1-19-16-21(3)29-27(17-19)43-34(36-29)38-32(40)31-28(30(39)23-12-6-9-15-26(23)42-31)35(38)24-13-7-8-14-25(24)37(33(35)41)18-22-11-5-4-10-20(22)2/h4-17H,18H2,1-3H3. The molecule has 8 rings (SSSR count). The van der Waals surface area contributed by atoms with Crippen molar-refractivity contribution < 1.29 is 14.0 Å². The number of thiazole rings is 1. The Hall–Kier alpha value is -5.08. The fourth-order valence-corrected chi connectivity index (χ4v) is 7.87. The number of benzene rings is 4. The van der Waals surface area contributed by atoms with Crippen LogP contribution >= 0.6 is 11.3 Å². The Kier molecular flexibility index (Phi) is 5.34. The van der Waals surface area contributed by atoms with E-state index in [-0.39, 0.29) is 17.9 Å². The van der Waals surface area contributed by atoms with Gasteiger partial charge in [0.2, 0.25) is 5.76 Å². The van der Waals surface area contributed by atoms with Crippen molar-refractivity contribution in [2.75, 3.05) is 9.80 Å². The van der Waals surface area contributed by atoms with E-state index in [1.807, 2.05) is 81.4 Å². The number of carbonyl (C=O) groups excluding carboxylic acids is 2. The van der Waals surface area contributed by atoms with E-state index in [2.05, 4.69) is 0 Å². The molecule has 1 spiro atoms. The molecule has 43 heavy (non-hydrogen) atoms. The number of para-hydroxylation sites is 2. The van der Waals surface area contributed by atoms with Crippen molar-refractivity contribution in [3.8, 4) is 0 Å². The number of amides is 2. The second-order valence-corrected chi connectivity index (χ2v) is 12.3. The van der Waals surface area contributed by atoms with E-state index < -0.39 is 22.8 Å². The maximum atomic E-state index is 15.1. The van der Waals surface area contributed by atoms with Crippen molar-refractivity contribution in [2.45, 2.75) is 32.9 Å². The number of rotatable bonds is 3. The third-order valence-corrected chi connectivity index (χ3v) is 9.62. The van der Waals surface area contributed by atoms with E-state index in [0.717, 1.165) is 32.5 Å². The maximum absolute atomic E-state index is 15.1. The number of aryl methyl sites for hydroxylation is 3. The summed E-state index contributed by atoms with van der Waals surface area (Å²) in [5.41, 5.74) is 4.13. The lowest BCUT2D eigenvalue weighted by molar-refractivity contribution is -0.121. The lowest BCUT2D eigenvalue weighted by atomic mass is 9.84. The van der Waals surface area contributed by atoms with Crippen LogP contribution in [0.25, 0.3) is 21.2 Å². The van der Waals surface area contributed by atoms with Gasteiger partial charge in [-0.3, -0.25) is 19.3 Å². The van der Waals surface area contributed by atoms with Crippen molar-refractivity contribution in [3.63, 3.8) is 0 Å². The van der Waals surface area contributed by atoms with Crippen LogP contribution in [0.4, 0.5) is 10.8 Å². The number of aromatic nitrogens is 1. The minimum atomic E-state index is -1.78. The number of hydrogen-bond acceptors (Lipinski definition) is 6. The summed E-state index contributed by atoms with van der Waals surface area (Å²) in [6.07, 6.45) is 0. The van der Waals surface area contributed by atoms with Crippen molar-refractivity contribution >= 4 is 55.2 Å². The smallest absolute Gasteiger partial charge is 0.297 e. The van der Waals surface area contributed by atoms with E-state index in [0.29, 0.717) is 27.4 Å². The van der Waals surface area contributed by atoms with E-state index in [9.17, 15) is 9.59 Å². The third kappa shape index (κ3) is 3.35. The van der Waals surface area contributed by atoms with Gasteiger partial charge >= 0.3 is 0 Å². The second kappa shape index (κ2) is 8.96. The van der Waals surface area contributed by atoms with Crippen LogP contribution in [0.2, 0.25) is 0 Å². The molecule has 6 aromatic rings. The molecule has 2 aliphatic heterocycles. The van der Waals surface area contributed by atoms with Crippen molar-refractivity contribution in [2.24, 2.45) is 0 Å². The first-order valence-corrected chi connectivity index (χ1v) is 14.9. The zero-order chi connectivity index (χ0) is 29.6. The van der Waals surface area contributed by atoms with Crippen LogP contribution in [0, 0.1) is 20.8 Å². The first kappa shape index (κ1) is 25.6. The molecule has 0 bridgehead atoms. The van der Waals surface area contributed by atoms with Gasteiger partial charge in [-0.15, -0.1) is 0 Å². The lowest BCUT2D eigenvalue weighted by Gasteiger charge is -2.32. The van der Waals surface area contributed by atoms with Gasteiger partial charge in [0.05, 0.1) is 33.4 Å². The number of anilines is 2. The molecule has 0 fully saturated rings. The molecular weight excluding hydrogens is 558 g/mol. The van der Waals surface area contributed by atoms with Gasteiger partial charge in [0.15, 0.2) is 16.1 Å². The molecule has 8 heteroatoms. The molecule has 4 aromatic carbocycles. The summed E-state index contributed by atoms with van der Waals surface area (Å²) >= 11 is 1.33. The SMILES string of the molecule is Cc1cc(C)c2nc(N3C(=O)c4oc5ccccc5c(=O)c4C34C(=O)N(Cc3ccccc3C)c3ccccc34)sc2c1. The maximum Gasteiger partial charge on any atom is 0.297 e. The molecule has 0 saturated carbocycles. The summed E-state index contributed by atoms with van der Waals surface area (Å²) in [5.74, 6) is -1.08. The molecular formula is C35H25N3O4S. The molecule has 1 unspecified atom stereocenters. The zero-order valence-electron chi connectivity index (χ0n) is 23.7. The largest absolute Gasteiger partial charge is 0.450 e. The highest BCUT2D eigenvalue weighted by atomic mass is 32.1. The molecule has 210 valence electrons. The van der Waals surface area contributed by atoms with Gasteiger partial charge in [0.1, 0.15) is 5.58 Å². The Bertz CT molecular complexity index is 2250. The lowest BCUT2D eigenvalue weighted by Crippen LogP contribution is -2.53. The number of carbonyl (C=O) groups is 2. The Morgan fingerprint density at radius 3 is 2.44 bits per heavy atom. The van der Waals surface area contributed by atoms with Crippen molar-refractivity contribution in [1.82, 2.24) is 4.98 Å². The van der Waals surface area contributed by atoms with E-state index >= 15 is 4.79 Å². The summed E-state index contributed by atoms with van der Waals surface area (Å²) in [5, 5.41) is 0.651. The summed E-state index contributed by atoms with van der Waals surface area (Å²) < 4.78 is 7.10. The Morgan fingerprint density at radius 2 is 1.60 bits per heavy atom. The molecule has 1 atom stereocenters. The van der Waals surface area contributed by atoms with Crippen LogP contribution < -0.4 is 15.2 Å². The normalized spacial score (nSPS) is 17.5. The van der Waals surface area contributed by atoms with Crippen molar-refractivity contribution in [3.05, 3.63) is 134 Å².